The van der Waals surface area contributed by atoms with Crippen LogP contribution in [-0.2, 0) is 9.59 Å². The number of aromatic amines is 1. The zero-order valence-electron chi connectivity index (χ0n) is 14.2. The second-order valence-corrected chi connectivity index (χ2v) is 6.35. The average molecular weight is 346 g/mol. The lowest BCUT2D eigenvalue weighted by Crippen LogP contribution is -2.51. The maximum absolute atomic E-state index is 12.7. The molecular formula is C17H20N3O5-. The van der Waals surface area contributed by atoms with Crippen LogP contribution in [0.2, 0.25) is 0 Å². The smallest absolute Gasteiger partial charge is 0.329 e. The zero-order chi connectivity index (χ0) is 18.7. The molecule has 0 bridgehead atoms. The van der Waals surface area contributed by atoms with Crippen molar-refractivity contribution >= 4 is 22.8 Å². The SMILES string of the molecule is CC(C)C[C@@H](C(=O)N[C@@H](C)C(=O)[O-])n1c(=O)[nH]c2ccccc2c1=O. The van der Waals surface area contributed by atoms with Crippen LogP contribution in [0.4, 0.5) is 0 Å². The lowest BCUT2D eigenvalue weighted by molar-refractivity contribution is -0.307. The molecule has 134 valence electrons. The molecule has 0 spiro atoms. The number of nitrogens with one attached hydrogen (secondary N) is 2. The molecule has 0 fully saturated rings. The van der Waals surface area contributed by atoms with Crippen molar-refractivity contribution in [3.8, 4) is 0 Å². The Kier molecular flexibility index (Phi) is 5.41. The molecule has 25 heavy (non-hydrogen) atoms. The largest absolute Gasteiger partial charge is 0.548 e. The molecule has 8 nitrogen and oxygen atoms in total. The summed E-state index contributed by atoms with van der Waals surface area (Å²) in [5, 5.41) is 13.4. The number of rotatable bonds is 6. The Morgan fingerprint density at radius 3 is 2.44 bits per heavy atom. The van der Waals surface area contributed by atoms with E-state index in [-0.39, 0.29) is 17.7 Å². The van der Waals surface area contributed by atoms with E-state index in [0.29, 0.717) is 5.52 Å². The molecule has 2 rings (SSSR count). The minimum absolute atomic E-state index is 0.00761. The van der Waals surface area contributed by atoms with Crippen LogP contribution in [0, 0.1) is 5.92 Å². The van der Waals surface area contributed by atoms with Gasteiger partial charge in [0.2, 0.25) is 5.91 Å². The first kappa shape index (κ1) is 18.4. The van der Waals surface area contributed by atoms with Crippen LogP contribution >= 0.6 is 0 Å². The van der Waals surface area contributed by atoms with Crippen LogP contribution in [-0.4, -0.2) is 27.5 Å². The highest BCUT2D eigenvalue weighted by molar-refractivity contribution is 5.85. The number of amides is 1. The highest BCUT2D eigenvalue weighted by Crippen LogP contribution is 2.16. The van der Waals surface area contributed by atoms with Crippen molar-refractivity contribution in [1.29, 1.82) is 0 Å². The topological polar surface area (TPSA) is 124 Å². The minimum atomic E-state index is -1.45. The van der Waals surface area contributed by atoms with E-state index in [2.05, 4.69) is 10.3 Å². The van der Waals surface area contributed by atoms with Gasteiger partial charge in [0.05, 0.1) is 22.9 Å². The Bertz CT molecular complexity index is 912. The van der Waals surface area contributed by atoms with E-state index in [1.807, 2.05) is 13.8 Å². The lowest BCUT2D eigenvalue weighted by atomic mass is 10.0. The van der Waals surface area contributed by atoms with Gasteiger partial charge in [0.15, 0.2) is 0 Å². The molecule has 0 saturated carbocycles. The van der Waals surface area contributed by atoms with Crippen molar-refractivity contribution in [3.63, 3.8) is 0 Å². The van der Waals surface area contributed by atoms with Gasteiger partial charge in [-0.3, -0.25) is 9.59 Å². The first-order valence-corrected chi connectivity index (χ1v) is 7.97. The van der Waals surface area contributed by atoms with E-state index in [1.165, 1.54) is 6.92 Å². The summed E-state index contributed by atoms with van der Waals surface area (Å²) in [6.45, 7) is 4.93. The molecule has 0 radical (unpaired) electrons. The number of aliphatic carboxylic acids is 1. The first-order chi connectivity index (χ1) is 11.7. The molecule has 1 aromatic carbocycles. The van der Waals surface area contributed by atoms with Gasteiger partial charge < -0.3 is 20.2 Å². The number of carboxylic acids is 1. The van der Waals surface area contributed by atoms with Crippen molar-refractivity contribution in [2.24, 2.45) is 5.92 Å². The van der Waals surface area contributed by atoms with E-state index in [9.17, 15) is 24.3 Å². The molecule has 1 aromatic heterocycles. The van der Waals surface area contributed by atoms with Crippen molar-refractivity contribution in [2.45, 2.75) is 39.3 Å². The predicted octanol–water partition coefficient (Wildman–Crippen LogP) is -0.468. The van der Waals surface area contributed by atoms with Gasteiger partial charge in [-0.05, 0) is 31.4 Å². The van der Waals surface area contributed by atoms with Gasteiger partial charge in [0.25, 0.3) is 5.56 Å². The number of hydrogen-bond donors (Lipinski definition) is 2. The Morgan fingerprint density at radius 2 is 1.84 bits per heavy atom. The number of carbonyl (C=O) groups is 2. The third-order valence-electron chi connectivity index (χ3n) is 3.86. The normalized spacial score (nSPS) is 13.6. The van der Waals surface area contributed by atoms with Crippen molar-refractivity contribution in [3.05, 3.63) is 45.1 Å². The fraction of sp³-hybridized carbons (Fsp3) is 0.412. The quantitative estimate of drug-likeness (QED) is 0.732. The van der Waals surface area contributed by atoms with E-state index in [4.69, 9.17) is 0 Å². The number of fused-ring (bicyclic) bond motifs is 1. The Labute approximate surface area is 143 Å². The molecule has 2 aromatic rings. The minimum Gasteiger partial charge on any atom is -0.548 e. The van der Waals surface area contributed by atoms with Crippen molar-refractivity contribution in [1.82, 2.24) is 14.9 Å². The van der Waals surface area contributed by atoms with Crippen LogP contribution in [0.15, 0.2) is 33.9 Å². The summed E-state index contributed by atoms with van der Waals surface area (Å²) in [5.41, 5.74) is -0.938. The predicted molar refractivity (Wildman–Crippen MR) is 89.9 cm³/mol. The summed E-state index contributed by atoms with van der Waals surface area (Å²) in [6, 6.07) is 4.13. The number of carboxylic acid groups (broad SMARTS) is 1. The Balaban J connectivity index is 2.57. The summed E-state index contributed by atoms with van der Waals surface area (Å²) >= 11 is 0. The Hall–Kier alpha value is -2.90. The summed E-state index contributed by atoms with van der Waals surface area (Å²) in [7, 11) is 0. The van der Waals surface area contributed by atoms with Crippen LogP contribution in [0.1, 0.15) is 33.2 Å². The zero-order valence-corrected chi connectivity index (χ0v) is 14.2. The van der Waals surface area contributed by atoms with Gasteiger partial charge in [-0.15, -0.1) is 0 Å². The van der Waals surface area contributed by atoms with Crippen molar-refractivity contribution in [2.75, 3.05) is 0 Å². The fourth-order valence-electron chi connectivity index (χ4n) is 2.60. The molecular weight excluding hydrogens is 326 g/mol. The standard InChI is InChI=1S/C17H21N3O5/c1-9(2)8-13(14(21)18-10(3)16(23)24)20-15(22)11-6-4-5-7-12(11)19-17(20)25/h4-7,9-10,13H,8H2,1-3H3,(H,18,21)(H,19,25)(H,23,24)/p-1/t10-,13-/m0/s1. The third-order valence-corrected chi connectivity index (χ3v) is 3.86. The summed E-state index contributed by atoms with van der Waals surface area (Å²) in [4.78, 5) is 51.1. The highest BCUT2D eigenvalue weighted by Gasteiger charge is 2.26. The second kappa shape index (κ2) is 7.33. The average Bonchev–Trinajstić information content (AvgIpc) is 2.53. The third kappa shape index (κ3) is 3.96. The van der Waals surface area contributed by atoms with E-state index in [1.54, 1.807) is 24.3 Å². The number of nitrogens with zero attached hydrogens (tertiary/aromatic N) is 1. The second-order valence-electron chi connectivity index (χ2n) is 6.35. The van der Waals surface area contributed by atoms with E-state index in [0.717, 1.165) is 4.57 Å². The van der Waals surface area contributed by atoms with Gasteiger partial charge in [0, 0.05) is 0 Å². The number of H-pyrrole nitrogens is 1. The molecule has 0 aliphatic rings. The molecule has 0 aliphatic heterocycles. The number of para-hydroxylation sites is 1. The molecule has 1 amide bonds. The van der Waals surface area contributed by atoms with E-state index >= 15 is 0 Å². The summed E-state index contributed by atoms with van der Waals surface area (Å²) < 4.78 is 0.847. The van der Waals surface area contributed by atoms with Crippen molar-refractivity contribution < 1.29 is 14.7 Å². The van der Waals surface area contributed by atoms with Gasteiger partial charge >= 0.3 is 5.69 Å². The monoisotopic (exact) mass is 346 g/mol. The maximum Gasteiger partial charge on any atom is 0.329 e. The fourth-order valence-corrected chi connectivity index (χ4v) is 2.60. The van der Waals surface area contributed by atoms with Gasteiger partial charge in [-0.2, -0.15) is 0 Å². The summed E-state index contributed by atoms with van der Waals surface area (Å²) in [5.74, 6) is -2.17. The molecule has 0 saturated heterocycles. The Morgan fingerprint density at radius 1 is 1.20 bits per heavy atom. The number of carbonyl (C=O) groups excluding carboxylic acids is 2. The van der Waals surface area contributed by atoms with Crippen LogP contribution in [0.25, 0.3) is 10.9 Å². The highest BCUT2D eigenvalue weighted by atomic mass is 16.4. The lowest BCUT2D eigenvalue weighted by Gasteiger charge is -2.23. The number of hydrogen-bond acceptors (Lipinski definition) is 5. The molecule has 0 aliphatic carbocycles. The maximum atomic E-state index is 12.7. The van der Waals surface area contributed by atoms with Crippen LogP contribution < -0.4 is 21.7 Å². The van der Waals surface area contributed by atoms with Gasteiger partial charge in [0.1, 0.15) is 6.04 Å². The molecule has 1 heterocycles. The van der Waals surface area contributed by atoms with E-state index < -0.39 is 35.2 Å². The molecule has 2 N–H and O–H groups in total. The molecule has 0 unspecified atom stereocenters. The van der Waals surface area contributed by atoms with Gasteiger partial charge in [-0.25, -0.2) is 9.36 Å². The summed E-state index contributed by atoms with van der Waals surface area (Å²) in [6.07, 6.45) is 0.201. The first-order valence-electron chi connectivity index (χ1n) is 7.97. The molecule has 8 heteroatoms. The van der Waals surface area contributed by atoms with Crippen LogP contribution in [0.5, 0.6) is 0 Å². The molecule has 2 atom stereocenters. The number of benzene rings is 1. The number of aromatic nitrogens is 2. The van der Waals surface area contributed by atoms with Crippen LogP contribution in [0.3, 0.4) is 0 Å². The van der Waals surface area contributed by atoms with Gasteiger partial charge in [-0.1, -0.05) is 26.0 Å².